The first-order chi connectivity index (χ1) is 12.9. The number of aromatic nitrogens is 2. The largest absolute Gasteiger partial charge is 0.454 e. The van der Waals surface area contributed by atoms with Crippen LogP contribution in [0, 0.1) is 0 Å². The Kier molecular flexibility index (Phi) is 5.19. The summed E-state index contributed by atoms with van der Waals surface area (Å²) >= 11 is 0. The second-order valence-corrected chi connectivity index (χ2v) is 6.59. The standard InChI is InChI=1S/C20H24N4O2/c1-2-4-15(5-3-1)8-10-21-19-9-11-22-20(24-19)23-13-16-6-7-17-18(12-16)26-14-25-17/h4,6-7,9,11-12H,1-3,5,8,10,13-14H2,(H2,21,22,23,24). The number of nitrogens with zero attached hydrogens (tertiary/aromatic N) is 2. The predicted octanol–water partition coefficient (Wildman–Crippen LogP) is 4.12. The molecule has 0 saturated carbocycles. The van der Waals surface area contributed by atoms with Crippen LogP contribution in [0.4, 0.5) is 11.8 Å². The molecule has 0 bridgehead atoms. The van der Waals surface area contributed by atoms with Crippen LogP contribution in [0.5, 0.6) is 11.5 Å². The molecule has 1 aliphatic carbocycles. The van der Waals surface area contributed by atoms with E-state index >= 15 is 0 Å². The van der Waals surface area contributed by atoms with Gasteiger partial charge in [-0.1, -0.05) is 17.7 Å². The minimum Gasteiger partial charge on any atom is -0.454 e. The molecule has 2 heterocycles. The van der Waals surface area contributed by atoms with Crippen molar-refractivity contribution in [3.8, 4) is 11.5 Å². The van der Waals surface area contributed by atoms with E-state index in [4.69, 9.17) is 9.47 Å². The summed E-state index contributed by atoms with van der Waals surface area (Å²) in [6.45, 7) is 1.83. The molecule has 1 aromatic heterocycles. The number of allylic oxidation sites excluding steroid dienone is 1. The lowest BCUT2D eigenvalue weighted by molar-refractivity contribution is 0.174. The van der Waals surface area contributed by atoms with Crippen molar-refractivity contribution in [3.05, 3.63) is 47.7 Å². The molecule has 4 rings (SSSR count). The van der Waals surface area contributed by atoms with E-state index in [0.717, 1.165) is 35.8 Å². The van der Waals surface area contributed by atoms with Gasteiger partial charge in [0.05, 0.1) is 0 Å². The molecule has 0 saturated heterocycles. The zero-order valence-corrected chi connectivity index (χ0v) is 14.8. The first-order valence-corrected chi connectivity index (χ1v) is 9.24. The molecule has 26 heavy (non-hydrogen) atoms. The van der Waals surface area contributed by atoms with Gasteiger partial charge < -0.3 is 20.1 Å². The van der Waals surface area contributed by atoms with E-state index in [-0.39, 0.29) is 0 Å². The van der Waals surface area contributed by atoms with Gasteiger partial charge in [0.2, 0.25) is 12.7 Å². The number of fused-ring (bicyclic) bond motifs is 1. The Morgan fingerprint density at radius 1 is 1.04 bits per heavy atom. The molecule has 0 atom stereocenters. The third-order valence-corrected chi connectivity index (χ3v) is 4.68. The lowest BCUT2D eigenvalue weighted by Gasteiger charge is -2.13. The average Bonchev–Trinajstić information content (AvgIpc) is 3.15. The summed E-state index contributed by atoms with van der Waals surface area (Å²) < 4.78 is 10.7. The maximum atomic E-state index is 5.41. The van der Waals surface area contributed by atoms with Crippen molar-refractivity contribution in [2.24, 2.45) is 0 Å². The molecule has 6 nitrogen and oxygen atoms in total. The number of anilines is 2. The summed E-state index contributed by atoms with van der Waals surface area (Å²) in [7, 11) is 0. The van der Waals surface area contributed by atoms with Gasteiger partial charge in [-0.3, -0.25) is 0 Å². The van der Waals surface area contributed by atoms with E-state index < -0.39 is 0 Å². The molecule has 2 N–H and O–H groups in total. The molecular formula is C20H24N4O2. The summed E-state index contributed by atoms with van der Waals surface area (Å²) in [6.07, 6.45) is 10.4. The highest BCUT2D eigenvalue weighted by molar-refractivity contribution is 5.46. The van der Waals surface area contributed by atoms with Gasteiger partial charge in [-0.15, -0.1) is 0 Å². The number of rotatable bonds is 7. The van der Waals surface area contributed by atoms with E-state index in [1.807, 2.05) is 24.3 Å². The summed E-state index contributed by atoms with van der Waals surface area (Å²) in [5.74, 6) is 3.05. The second-order valence-electron chi connectivity index (χ2n) is 6.59. The van der Waals surface area contributed by atoms with E-state index in [9.17, 15) is 0 Å². The molecule has 1 aliphatic heterocycles. The normalized spacial score (nSPS) is 15.5. The van der Waals surface area contributed by atoms with Crippen molar-refractivity contribution in [2.45, 2.75) is 38.6 Å². The smallest absolute Gasteiger partial charge is 0.231 e. The van der Waals surface area contributed by atoms with Gasteiger partial charge in [-0.25, -0.2) is 4.98 Å². The zero-order valence-electron chi connectivity index (χ0n) is 14.8. The Morgan fingerprint density at radius 2 is 2.00 bits per heavy atom. The monoisotopic (exact) mass is 352 g/mol. The molecular weight excluding hydrogens is 328 g/mol. The van der Waals surface area contributed by atoms with Gasteiger partial charge in [0.15, 0.2) is 11.5 Å². The van der Waals surface area contributed by atoms with Crippen molar-refractivity contribution in [1.82, 2.24) is 9.97 Å². The van der Waals surface area contributed by atoms with Crippen molar-refractivity contribution >= 4 is 11.8 Å². The molecule has 0 amide bonds. The van der Waals surface area contributed by atoms with Gasteiger partial charge in [0.1, 0.15) is 5.82 Å². The maximum Gasteiger partial charge on any atom is 0.231 e. The Bertz CT molecular complexity index is 791. The van der Waals surface area contributed by atoms with Crippen molar-refractivity contribution in [2.75, 3.05) is 24.0 Å². The lowest BCUT2D eigenvalue weighted by Crippen LogP contribution is -2.08. The van der Waals surface area contributed by atoms with Crippen LogP contribution in [0.1, 0.15) is 37.7 Å². The maximum absolute atomic E-state index is 5.41. The minimum absolute atomic E-state index is 0.292. The highest BCUT2D eigenvalue weighted by atomic mass is 16.7. The minimum atomic E-state index is 0.292. The SMILES string of the molecule is C1=C(CCNc2ccnc(NCc3ccc4c(c3)OCO4)n2)CCCC1. The second kappa shape index (κ2) is 8.08. The van der Waals surface area contributed by atoms with Crippen molar-refractivity contribution in [3.63, 3.8) is 0 Å². The van der Waals surface area contributed by atoms with Crippen molar-refractivity contribution in [1.29, 1.82) is 0 Å². The first kappa shape index (κ1) is 16.7. The van der Waals surface area contributed by atoms with Crippen LogP contribution < -0.4 is 20.1 Å². The Hall–Kier alpha value is -2.76. The quantitative estimate of drug-likeness (QED) is 0.731. The Labute approximate surface area is 153 Å². The molecule has 0 fully saturated rings. The summed E-state index contributed by atoms with van der Waals surface area (Å²) in [6, 6.07) is 7.83. The third kappa shape index (κ3) is 4.25. The van der Waals surface area contributed by atoms with Crippen molar-refractivity contribution < 1.29 is 9.47 Å². The fourth-order valence-corrected chi connectivity index (χ4v) is 3.26. The van der Waals surface area contributed by atoms with E-state index in [1.54, 1.807) is 11.8 Å². The number of benzene rings is 1. The molecule has 0 spiro atoms. The zero-order chi connectivity index (χ0) is 17.6. The summed E-state index contributed by atoms with van der Waals surface area (Å²) in [5, 5.41) is 6.66. The molecule has 6 heteroatoms. The average molecular weight is 352 g/mol. The fraction of sp³-hybridized carbons (Fsp3) is 0.400. The number of hydrogen-bond donors (Lipinski definition) is 2. The molecule has 2 aliphatic rings. The van der Waals surface area contributed by atoms with Gasteiger partial charge in [-0.05, 0) is 55.9 Å². The molecule has 136 valence electrons. The van der Waals surface area contributed by atoms with Crippen LogP contribution >= 0.6 is 0 Å². The fourth-order valence-electron chi connectivity index (χ4n) is 3.26. The van der Waals surface area contributed by atoms with Crippen LogP contribution in [0.2, 0.25) is 0 Å². The summed E-state index contributed by atoms with van der Waals surface area (Å²) in [5.41, 5.74) is 2.67. The Balaban J connectivity index is 1.29. The van der Waals surface area contributed by atoms with Gasteiger partial charge in [0, 0.05) is 19.3 Å². The third-order valence-electron chi connectivity index (χ3n) is 4.68. The summed E-state index contributed by atoms with van der Waals surface area (Å²) in [4.78, 5) is 8.83. The molecule has 2 aromatic rings. The van der Waals surface area contributed by atoms with Crippen LogP contribution in [-0.4, -0.2) is 23.3 Å². The highest BCUT2D eigenvalue weighted by Gasteiger charge is 2.13. The first-order valence-electron chi connectivity index (χ1n) is 9.24. The lowest BCUT2D eigenvalue weighted by atomic mass is 9.97. The van der Waals surface area contributed by atoms with Crippen LogP contribution in [-0.2, 0) is 6.54 Å². The number of hydrogen-bond acceptors (Lipinski definition) is 6. The van der Waals surface area contributed by atoms with Gasteiger partial charge in [-0.2, -0.15) is 4.98 Å². The van der Waals surface area contributed by atoms with Crippen LogP contribution in [0.15, 0.2) is 42.1 Å². The van der Waals surface area contributed by atoms with E-state index in [1.165, 1.54) is 25.7 Å². The predicted molar refractivity (Wildman–Crippen MR) is 102 cm³/mol. The Morgan fingerprint density at radius 3 is 2.92 bits per heavy atom. The molecule has 0 radical (unpaired) electrons. The highest BCUT2D eigenvalue weighted by Crippen LogP contribution is 2.32. The van der Waals surface area contributed by atoms with E-state index in [0.29, 0.717) is 19.3 Å². The number of nitrogens with one attached hydrogen (secondary N) is 2. The van der Waals surface area contributed by atoms with Crippen LogP contribution in [0.25, 0.3) is 0 Å². The number of ether oxygens (including phenoxy) is 2. The van der Waals surface area contributed by atoms with Crippen LogP contribution in [0.3, 0.4) is 0 Å². The van der Waals surface area contributed by atoms with Gasteiger partial charge in [0.25, 0.3) is 0 Å². The van der Waals surface area contributed by atoms with Gasteiger partial charge >= 0.3 is 0 Å². The molecule has 1 aromatic carbocycles. The van der Waals surface area contributed by atoms with E-state index in [2.05, 4.69) is 26.7 Å². The topological polar surface area (TPSA) is 68.3 Å². The molecule has 0 unspecified atom stereocenters.